The van der Waals surface area contributed by atoms with Crippen molar-refractivity contribution in [2.24, 2.45) is 0 Å². The van der Waals surface area contributed by atoms with E-state index in [1.807, 2.05) is 0 Å². The van der Waals surface area contributed by atoms with E-state index in [1.54, 1.807) is 53.2 Å². The molecule has 2 aromatic carbocycles. The summed E-state index contributed by atoms with van der Waals surface area (Å²) in [5, 5.41) is 24.7. The van der Waals surface area contributed by atoms with Crippen LogP contribution in [0.2, 0.25) is 20.1 Å². The van der Waals surface area contributed by atoms with Crippen LogP contribution >= 0.6 is 46.4 Å². The number of hydrogen-bond donors (Lipinski definition) is 3. The van der Waals surface area contributed by atoms with E-state index in [0.29, 0.717) is 36.7 Å². The number of hydrogen-bond acceptors (Lipinski definition) is 8. The Morgan fingerprint density at radius 1 is 0.974 bits per heavy atom. The lowest BCUT2D eigenvalue weighted by Crippen LogP contribution is -2.51. The quantitative estimate of drug-likeness (QED) is 0.239. The molecule has 1 aliphatic heterocycles. The molecule has 0 amide bonds. The summed E-state index contributed by atoms with van der Waals surface area (Å²) in [4.78, 5) is 8.31. The highest BCUT2D eigenvalue weighted by atomic mass is 35.5. The zero-order valence-electron chi connectivity index (χ0n) is 20.3. The third kappa shape index (κ3) is 5.69. The molecule has 3 heterocycles. The summed E-state index contributed by atoms with van der Waals surface area (Å²) in [5.74, 6) is 0.272. The summed E-state index contributed by atoms with van der Waals surface area (Å²) in [5.41, 5.74) is 5.90. The predicted octanol–water partition coefficient (Wildman–Crippen LogP) is 5.05. The number of aliphatic hydroxyl groups is 2. The standard InChI is InChI=1S/C26H24Cl4N4O5/c27-16-3-1-14(19(29)7-16)9-37-11-21-22(38-10-15-2-4-17(28)8-20(15)30)26(36,12-35)25(39-21)34-6-5-18-23(31)32-13-33-24(18)34/h1-8,13,21-22,25,35-36H,9-12H2,(H2,31,32,33)/t21-,22-,25?,26-/m1/s1. The molecule has 1 aliphatic rings. The first-order valence-electron chi connectivity index (χ1n) is 11.8. The number of nitrogen functional groups attached to an aromatic ring is 1. The molecular weight excluding hydrogens is 590 g/mol. The van der Waals surface area contributed by atoms with Gasteiger partial charge in [0.15, 0.2) is 11.8 Å². The number of benzene rings is 2. The normalized spacial score (nSPS) is 23.1. The number of anilines is 1. The number of halogens is 4. The minimum atomic E-state index is -1.89. The van der Waals surface area contributed by atoms with Crippen LogP contribution in [0.25, 0.3) is 11.0 Å². The SMILES string of the molecule is Nc1ncnc2c1ccn2C1O[C@H](COCc2ccc(Cl)cc2Cl)[C@@H](OCc2ccc(Cl)cc2Cl)[C@]1(O)CO. The number of aromatic nitrogens is 3. The van der Waals surface area contributed by atoms with Gasteiger partial charge >= 0.3 is 0 Å². The van der Waals surface area contributed by atoms with Crippen LogP contribution in [-0.4, -0.2) is 55.8 Å². The lowest BCUT2D eigenvalue weighted by molar-refractivity contribution is -0.148. The van der Waals surface area contributed by atoms with Gasteiger partial charge in [-0.05, 0) is 41.5 Å². The van der Waals surface area contributed by atoms with Crippen molar-refractivity contribution in [1.82, 2.24) is 14.5 Å². The van der Waals surface area contributed by atoms with Crippen LogP contribution in [-0.2, 0) is 27.4 Å². The summed E-state index contributed by atoms with van der Waals surface area (Å²) >= 11 is 24.6. The van der Waals surface area contributed by atoms with Crippen molar-refractivity contribution in [1.29, 1.82) is 0 Å². The van der Waals surface area contributed by atoms with Crippen molar-refractivity contribution in [3.63, 3.8) is 0 Å². The van der Waals surface area contributed by atoms with Crippen molar-refractivity contribution in [3.8, 4) is 0 Å². The highest BCUT2D eigenvalue weighted by molar-refractivity contribution is 6.35. The largest absolute Gasteiger partial charge is 0.393 e. The van der Waals surface area contributed by atoms with E-state index in [-0.39, 0.29) is 25.6 Å². The molecule has 13 heteroatoms. The van der Waals surface area contributed by atoms with E-state index >= 15 is 0 Å². The number of nitrogens with zero attached hydrogens (tertiary/aromatic N) is 3. The highest BCUT2D eigenvalue weighted by Gasteiger charge is 2.57. The minimum Gasteiger partial charge on any atom is -0.393 e. The molecule has 4 aromatic rings. The Labute approximate surface area is 243 Å². The fourth-order valence-corrected chi connectivity index (χ4v) is 5.52. The lowest BCUT2D eigenvalue weighted by Gasteiger charge is -2.32. The van der Waals surface area contributed by atoms with Crippen molar-refractivity contribution < 1.29 is 24.4 Å². The third-order valence-electron chi connectivity index (χ3n) is 6.60. The minimum absolute atomic E-state index is 0.00705. The van der Waals surface area contributed by atoms with Crippen LogP contribution in [0, 0.1) is 0 Å². The van der Waals surface area contributed by atoms with Gasteiger partial charge in [-0.2, -0.15) is 0 Å². The first-order chi connectivity index (χ1) is 18.7. The molecule has 0 radical (unpaired) electrons. The molecule has 5 rings (SSSR count). The van der Waals surface area contributed by atoms with Crippen LogP contribution < -0.4 is 5.73 Å². The van der Waals surface area contributed by atoms with E-state index in [1.165, 1.54) is 6.33 Å². The van der Waals surface area contributed by atoms with Crippen LogP contribution in [0.5, 0.6) is 0 Å². The third-order valence-corrected chi connectivity index (χ3v) is 7.77. The van der Waals surface area contributed by atoms with Gasteiger partial charge in [0.05, 0.1) is 31.8 Å². The Balaban J connectivity index is 1.43. The molecule has 1 fully saturated rings. The fraction of sp³-hybridized carbons (Fsp3) is 0.308. The Morgan fingerprint density at radius 3 is 2.28 bits per heavy atom. The number of rotatable bonds is 9. The second-order valence-electron chi connectivity index (χ2n) is 9.11. The first-order valence-corrected chi connectivity index (χ1v) is 13.4. The molecule has 9 nitrogen and oxygen atoms in total. The van der Waals surface area contributed by atoms with Gasteiger partial charge in [0.25, 0.3) is 0 Å². The summed E-state index contributed by atoms with van der Waals surface area (Å²) in [6.45, 7) is -0.506. The molecule has 4 N–H and O–H groups in total. The van der Waals surface area contributed by atoms with Crippen molar-refractivity contribution in [3.05, 3.63) is 86.2 Å². The maximum atomic E-state index is 11.8. The second-order valence-corrected chi connectivity index (χ2v) is 10.8. The molecule has 39 heavy (non-hydrogen) atoms. The number of nitrogens with two attached hydrogens (primary N) is 1. The van der Waals surface area contributed by atoms with Crippen molar-refractivity contribution in [2.75, 3.05) is 18.9 Å². The molecular formula is C26H24Cl4N4O5. The molecule has 1 saturated heterocycles. The topological polar surface area (TPSA) is 125 Å². The number of aliphatic hydroxyl groups excluding tert-OH is 1. The van der Waals surface area contributed by atoms with Gasteiger partial charge in [0.2, 0.25) is 0 Å². The average molecular weight is 614 g/mol. The van der Waals surface area contributed by atoms with E-state index in [4.69, 9.17) is 66.3 Å². The zero-order chi connectivity index (χ0) is 27.7. The van der Waals surface area contributed by atoms with Crippen molar-refractivity contribution in [2.45, 2.75) is 37.3 Å². The summed E-state index contributed by atoms with van der Waals surface area (Å²) < 4.78 is 20.0. The number of fused-ring (bicyclic) bond motifs is 1. The molecule has 4 atom stereocenters. The predicted molar refractivity (Wildman–Crippen MR) is 149 cm³/mol. The average Bonchev–Trinajstić information content (AvgIpc) is 3.45. The Kier molecular flexibility index (Phi) is 8.54. The van der Waals surface area contributed by atoms with E-state index in [0.717, 1.165) is 5.56 Å². The molecule has 206 valence electrons. The first kappa shape index (κ1) is 28.4. The van der Waals surface area contributed by atoms with Crippen LogP contribution in [0.3, 0.4) is 0 Å². The maximum Gasteiger partial charge on any atom is 0.169 e. The van der Waals surface area contributed by atoms with Gasteiger partial charge in [0, 0.05) is 26.3 Å². The zero-order valence-corrected chi connectivity index (χ0v) is 23.3. The summed E-state index contributed by atoms with van der Waals surface area (Å²) in [6, 6.07) is 11.8. The lowest BCUT2D eigenvalue weighted by atomic mass is 9.94. The fourth-order valence-electron chi connectivity index (χ4n) is 4.59. The molecule has 0 spiro atoms. The van der Waals surface area contributed by atoms with E-state index in [9.17, 15) is 10.2 Å². The Bertz CT molecular complexity index is 1490. The van der Waals surface area contributed by atoms with Crippen LogP contribution in [0.15, 0.2) is 55.0 Å². The van der Waals surface area contributed by atoms with E-state index in [2.05, 4.69) is 9.97 Å². The Morgan fingerprint density at radius 2 is 1.64 bits per heavy atom. The molecule has 0 bridgehead atoms. The monoisotopic (exact) mass is 612 g/mol. The van der Waals surface area contributed by atoms with Gasteiger partial charge < -0.3 is 34.7 Å². The van der Waals surface area contributed by atoms with Gasteiger partial charge in [-0.25, -0.2) is 9.97 Å². The summed E-state index contributed by atoms with van der Waals surface area (Å²) in [7, 11) is 0. The highest BCUT2D eigenvalue weighted by Crippen LogP contribution is 2.42. The molecule has 0 aliphatic carbocycles. The molecule has 0 saturated carbocycles. The van der Waals surface area contributed by atoms with Gasteiger partial charge in [-0.15, -0.1) is 0 Å². The van der Waals surface area contributed by atoms with Gasteiger partial charge in [0.1, 0.15) is 30.0 Å². The molecule has 2 aromatic heterocycles. The van der Waals surface area contributed by atoms with Gasteiger partial charge in [-0.1, -0.05) is 58.5 Å². The number of ether oxygens (including phenoxy) is 3. The van der Waals surface area contributed by atoms with E-state index < -0.39 is 30.6 Å². The van der Waals surface area contributed by atoms with Crippen molar-refractivity contribution >= 4 is 63.3 Å². The Hall–Kier alpha value is -2.18. The molecule has 1 unspecified atom stereocenters. The van der Waals surface area contributed by atoms with Crippen LogP contribution in [0.4, 0.5) is 5.82 Å². The maximum absolute atomic E-state index is 11.8. The second kappa shape index (κ2) is 11.7. The van der Waals surface area contributed by atoms with Gasteiger partial charge in [-0.3, -0.25) is 0 Å². The van der Waals surface area contributed by atoms with Crippen LogP contribution in [0.1, 0.15) is 17.4 Å². The smallest absolute Gasteiger partial charge is 0.169 e. The summed E-state index contributed by atoms with van der Waals surface area (Å²) in [6.07, 6.45) is 0.0454.